The highest BCUT2D eigenvalue weighted by atomic mass is 32.2. The predicted octanol–water partition coefficient (Wildman–Crippen LogP) is 2.88. The summed E-state index contributed by atoms with van der Waals surface area (Å²) in [4.78, 5) is -0.270. The summed E-state index contributed by atoms with van der Waals surface area (Å²) in [5, 5.41) is 3.32. The molecule has 0 saturated carbocycles. The first-order valence-corrected chi connectivity index (χ1v) is 9.71. The highest BCUT2D eigenvalue weighted by Gasteiger charge is 2.23. The second-order valence-corrected chi connectivity index (χ2v) is 8.13. The molecule has 2 atom stereocenters. The average molecular weight is 349 g/mol. The fourth-order valence-electron chi connectivity index (χ4n) is 2.88. The predicted molar refractivity (Wildman–Crippen MR) is 90.5 cm³/mol. The number of fused-ring (bicyclic) bond motifs is 1. The van der Waals surface area contributed by atoms with Gasteiger partial charge in [-0.1, -0.05) is 24.3 Å². The molecule has 3 rings (SSSR count). The van der Waals surface area contributed by atoms with Crippen LogP contribution in [-0.2, 0) is 16.3 Å². The van der Waals surface area contributed by atoms with Gasteiger partial charge in [0.25, 0.3) is 0 Å². The zero-order valence-electron chi connectivity index (χ0n) is 13.6. The molecule has 0 radical (unpaired) electrons. The Hall–Kier alpha value is -1.92. The molecule has 1 heterocycles. The molecule has 0 amide bonds. The zero-order valence-corrected chi connectivity index (χ0v) is 14.4. The number of sulfone groups is 1. The van der Waals surface area contributed by atoms with Crippen molar-refractivity contribution in [3.8, 4) is 5.75 Å². The first kappa shape index (κ1) is 16.9. The molecule has 24 heavy (non-hydrogen) atoms. The third kappa shape index (κ3) is 3.60. The molecular weight excluding hydrogens is 329 g/mol. The minimum absolute atomic E-state index is 0.0463. The lowest BCUT2D eigenvalue weighted by Gasteiger charge is -2.18. The highest BCUT2D eigenvalue weighted by molar-refractivity contribution is 7.90. The summed E-state index contributed by atoms with van der Waals surface area (Å²) in [5.74, 6) is 0.202. The van der Waals surface area contributed by atoms with Crippen LogP contribution in [0.25, 0.3) is 0 Å². The van der Waals surface area contributed by atoms with Gasteiger partial charge in [0.2, 0.25) is 0 Å². The Balaban J connectivity index is 1.62. The van der Waals surface area contributed by atoms with E-state index in [1.54, 1.807) is 6.07 Å². The molecule has 0 aliphatic carbocycles. The van der Waals surface area contributed by atoms with E-state index in [-0.39, 0.29) is 17.0 Å². The summed E-state index contributed by atoms with van der Waals surface area (Å²) in [6.07, 6.45) is 1.89. The summed E-state index contributed by atoms with van der Waals surface area (Å²) in [6, 6.07) is 12.1. The average Bonchev–Trinajstić information content (AvgIpc) is 2.94. The number of hydrogen-bond acceptors (Lipinski definition) is 4. The summed E-state index contributed by atoms with van der Waals surface area (Å²) in [7, 11) is -3.55. The quantitative estimate of drug-likeness (QED) is 0.902. The van der Waals surface area contributed by atoms with Gasteiger partial charge in [-0.15, -0.1) is 0 Å². The summed E-state index contributed by atoms with van der Waals surface area (Å²) in [5.41, 5.74) is 1.90. The topological polar surface area (TPSA) is 55.4 Å². The van der Waals surface area contributed by atoms with Gasteiger partial charge >= 0.3 is 0 Å². The Bertz CT molecular complexity index is 826. The number of benzene rings is 2. The van der Waals surface area contributed by atoms with Crippen molar-refractivity contribution in [3.05, 3.63) is 59.4 Å². The molecule has 2 aromatic rings. The van der Waals surface area contributed by atoms with Crippen molar-refractivity contribution in [2.45, 2.75) is 30.4 Å². The number of para-hydroxylation sites is 1. The first-order valence-electron chi connectivity index (χ1n) is 7.82. The van der Waals surface area contributed by atoms with Gasteiger partial charge in [0.15, 0.2) is 9.84 Å². The number of rotatable bonds is 5. The van der Waals surface area contributed by atoms with Crippen molar-refractivity contribution in [1.29, 1.82) is 0 Å². The Morgan fingerprint density at radius 1 is 1.29 bits per heavy atom. The van der Waals surface area contributed by atoms with Crippen molar-refractivity contribution in [2.24, 2.45) is 0 Å². The van der Waals surface area contributed by atoms with Gasteiger partial charge < -0.3 is 10.1 Å². The zero-order chi connectivity index (χ0) is 17.3. The van der Waals surface area contributed by atoms with E-state index >= 15 is 0 Å². The fourth-order valence-corrected chi connectivity index (χ4v) is 3.61. The van der Waals surface area contributed by atoms with E-state index in [2.05, 4.69) is 11.4 Å². The minimum Gasteiger partial charge on any atom is -0.488 e. The van der Waals surface area contributed by atoms with Crippen molar-refractivity contribution in [3.63, 3.8) is 0 Å². The Morgan fingerprint density at radius 2 is 2.04 bits per heavy atom. The van der Waals surface area contributed by atoms with Gasteiger partial charge in [0.1, 0.15) is 22.6 Å². The molecule has 0 aromatic heterocycles. The van der Waals surface area contributed by atoms with Crippen LogP contribution in [-0.4, -0.2) is 27.3 Å². The summed E-state index contributed by atoms with van der Waals surface area (Å²) in [6.45, 7) is 2.54. The molecule has 1 aliphatic heterocycles. The molecule has 2 aromatic carbocycles. The Morgan fingerprint density at radius 3 is 2.71 bits per heavy atom. The van der Waals surface area contributed by atoms with E-state index in [0.29, 0.717) is 12.1 Å². The smallest absolute Gasteiger partial charge is 0.178 e. The van der Waals surface area contributed by atoms with Crippen LogP contribution < -0.4 is 10.1 Å². The largest absolute Gasteiger partial charge is 0.488 e. The van der Waals surface area contributed by atoms with Crippen LogP contribution in [0, 0.1) is 5.82 Å². The molecular formula is C18H20FNO3S. The lowest BCUT2D eigenvalue weighted by atomic mass is 10.1. The highest BCUT2D eigenvalue weighted by Crippen LogP contribution is 2.28. The van der Waals surface area contributed by atoms with E-state index in [1.165, 1.54) is 17.7 Å². The standard InChI is InChI=1S/C18H20FNO3S/c1-12(13-7-8-18(16(19)10-13)24(2,21)22)20-11-15-9-14-5-3-4-6-17(14)23-15/h3-8,10,12,15,20H,9,11H2,1-2H3. The molecule has 4 nitrogen and oxygen atoms in total. The van der Waals surface area contributed by atoms with Crippen LogP contribution in [0.3, 0.4) is 0 Å². The Kier molecular flexibility index (Phi) is 4.60. The molecule has 1 N–H and O–H groups in total. The van der Waals surface area contributed by atoms with Crippen LogP contribution in [0.4, 0.5) is 4.39 Å². The van der Waals surface area contributed by atoms with Crippen molar-refractivity contribution >= 4 is 9.84 Å². The summed E-state index contributed by atoms with van der Waals surface area (Å²) >= 11 is 0. The maximum atomic E-state index is 14.0. The van der Waals surface area contributed by atoms with Gasteiger partial charge in [0.05, 0.1) is 0 Å². The molecule has 0 saturated heterocycles. The van der Waals surface area contributed by atoms with Crippen LogP contribution in [0.1, 0.15) is 24.1 Å². The maximum Gasteiger partial charge on any atom is 0.178 e. The van der Waals surface area contributed by atoms with Crippen LogP contribution in [0.5, 0.6) is 5.75 Å². The molecule has 0 fully saturated rings. The number of nitrogens with one attached hydrogen (secondary N) is 1. The van der Waals surface area contributed by atoms with Gasteiger partial charge in [0, 0.05) is 25.3 Å². The van der Waals surface area contributed by atoms with Gasteiger partial charge in [-0.3, -0.25) is 0 Å². The van der Waals surface area contributed by atoms with Gasteiger partial charge in [-0.25, -0.2) is 12.8 Å². The third-order valence-corrected chi connectivity index (χ3v) is 5.35. The van der Waals surface area contributed by atoms with Crippen LogP contribution in [0.15, 0.2) is 47.4 Å². The first-order chi connectivity index (χ1) is 11.3. The number of halogens is 1. The fraction of sp³-hybridized carbons (Fsp3) is 0.333. The van der Waals surface area contributed by atoms with Crippen molar-refractivity contribution in [1.82, 2.24) is 5.32 Å². The molecule has 6 heteroatoms. The van der Waals surface area contributed by atoms with Crippen LogP contribution in [0.2, 0.25) is 0 Å². The van der Waals surface area contributed by atoms with Crippen molar-refractivity contribution < 1.29 is 17.5 Å². The van der Waals surface area contributed by atoms with E-state index in [4.69, 9.17) is 4.74 Å². The van der Waals surface area contributed by atoms with E-state index in [0.717, 1.165) is 18.4 Å². The monoisotopic (exact) mass is 349 g/mol. The third-order valence-electron chi connectivity index (χ3n) is 4.22. The van der Waals surface area contributed by atoms with Gasteiger partial charge in [-0.2, -0.15) is 0 Å². The minimum atomic E-state index is -3.55. The van der Waals surface area contributed by atoms with E-state index in [1.807, 2.05) is 25.1 Å². The normalized spacial score (nSPS) is 18.0. The number of ether oxygens (including phenoxy) is 1. The second kappa shape index (κ2) is 6.53. The van der Waals surface area contributed by atoms with E-state index < -0.39 is 15.7 Å². The molecule has 2 unspecified atom stereocenters. The lowest BCUT2D eigenvalue weighted by molar-refractivity contribution is 0.222. The van der Waals surface area contributed by atoms with Crippen LogP contribution >= 0.6 is 0 Å². The molecule has 0 spiro atoms. The SMILES string of the molecule is CC(NCC1Cc2ccccc2O1)c1ccc(S(C)(=O)=O)c(F)c1. The maximum absolute atomic E-state index is 14.0. The molecule has 1 aliphatic rings. The van der Waals surface area contributed by atoms with E-state index in [9.17, 15) is 12.8 Å². The Labute approximate surface area is 141 Å². The molecule has 128 valence electrons. The lowest BCUT2D eigenvalue weighted by Crippen LogP contribution is -2.32. The second-order valence-electron chi connectivity index (χ2n) is 6.14. The summed E-state index contributed by atoms with van der Waals surface area (Å²) < 4.78 is 42.8. The number of hydrogen-bond donors (Lipinski definition) is 1. The van der Waals surface area contributed by atoms with Gasteiger partial charge in [-0.05, 0) is 36.2 Å². The van der Waals surface area contributed by atoms with Crippen molar-refractivity contribution in [2.75, 3.05) is 12.8 Å². The molecule has 0 bridgehead atoms.